The minimum absolute atomic E-state index is 0.0568. The number of ether oxygens (including phenoxy) is 2. The van der Waals surface area contributed by atoms with Gasteiger partial charge in [0.25, 0.3) is 11.8 Å². The van der Waals surface area contributed by atoms with Crippen LogP contribution in [0.2, 0.25) is 0 Å². The Morgan fingerprint density at radius 3 is 2.47 bits per heavy atom. The van der Waals surface area contributed by atoms with E-state index in [0.717, 1.165) is 25.7 Å². The second-order valence-electron chi connectivity index (χ2n) is 9.85. The van der Waals surface area contributed by atoms with Crippen LogP contribution in [-0.2, 0) is 9.53 Å². The van der Waals surface area contributed by atoms with Crippen LogP contribution in [0.3, 0.4) is 0 Å². The molecule has 1 N–H and O–H groups in total. The van der Waals surface area contributed by atoms with E-state index in [1.165, 1.54) is 4.90 Å². The molecule has 1 fully saturated rings. The van der Waals surface area contributed by atoms with E-state index in [1.54, 1.807) is 30.1 Å². The minimum atomic E-state index is -0.496. The normalized spacial score (nSPS) is 17.9. The predicted molar refractivity (Wildman–Crippen MR) is 126 cm³/mol. The van der Waals surface area contributed by atoms with Gasteiger partial charge in [0.15, 0.2) is 0 Å². The van der Waals surface area contributed by atoms with Crippen LogP contribution in [0.4, 0.5) is 4.79 Å². The summed E-state index contributed by atoms with van der Waals surface area (Å²) >= 11 is 0. The number of hydrogen-bond acceptors (Lipinski definition) is 6. The molecule has 0 aromatic heterocycles. The van der Waals surface area contributed by atoms with E-state index >= 15 is 0 Å². The first-order valence-electron chi connectivity index (χ1n) is 11.9. The van der Waals surface area contributed by atoms with Crippen molar-refractivity contribution < 1.29 is 28.7 Å². The number of hydrogen-bond donors (Lipinski definition) is 1. The second kappa shape index (κ2) is 10.9. The zero-order valence-corrected chi connectivity index (χ0v) is 20.5. The van der Waals surface area contributed by atoms with Crippen LogP contribution in [0.25, 0.3) is 0 Å². The van der Waals surface area contributed by atoms with Gasteiger partial charge in [0.2, 0.25) is 5.91 Å². The SMILES string of the molecule is CN(CCCCCCOc1ccc2c(c1)C(=O)N(C1CCC(=O)NC1)C2=O)C(=O)OC(C)(C)C. The third kappa shape index (κ3) is 6.48. The van der Waals surface area contributed by atoms with Crippen molar-refractivity contribution in [3.8, 4) is 5.75 Å². The Bertz CT molecular complexity index is 929. The maximum absolute atomic E-state index is 12.9. The molecule has 34 heavy (non-hydrogen) atoms. The molecule has 2 heterocycles. The number of carbonyl (C=O) groups excluding carboxylic acids is 4. The molecule has 0 bridgehead atoms. The number of benzene rings is 1. The number of amides is 4. The summed E-state index contributed by atoms with van der Waals surface area (Å²) in [5.41, 5.74) is 0.233. The summed E-state index contributed by atoms with van der Waals surface area (Å²) in [6, 6.07) is 4.67. The Kier molecular flexibility index (Phi) is 8.17. The molecule has 0 aliphatic carbocycles. The summed E-state index contributed by atoms with van der Waals surface area (Å²) in [5.74, 6) is -0.147. The quantitative estimate of drug-likeness (QED) is 0.436. The highest BCUT2D eigenvalue weighted by Gasteiger charge is 2.41. The monoisotopic (exact) mass is 473 g/mol. The number of unbranched alkanes of at least 4 members (excludes halogenated alkanes) is 3. The molecule has 1 aromatic rings. The molecule has 4 amide bonds. The van der Waals surface area contributed by atoms with Crippen molar-refractivity contribution in [3.05, 3.63) is 29.3 Å². The molecule has 9 heteroatoms. The summed E-state index contributed by atoms with van der Waals surface area (Å²) in [7, 11) is 1.74. The molecule has 2 aliphatic heterocycles. The zero-order valence-electron chi connectivity index (χ0n) is 20.5. The van der Waals surface area contributed by atoms with Crippen molar-refractivity contribution >= 4 is 23.8 Å². The lowest BCUT2D eigenvalue weighted by Gasteiger charge is -2.29. The average Bonchev–Trinajstić information content (AvgIpc) is 3.02. The Labute approximate surface area is 200 Å². The van der Waals surface area contributed by atoms with Crippen molar-refractivity contribution in [1.82, 2.24) is 15.1 Å². The Balaban J connectivity index is 1.39. The van der Waals surface area contributed by atoms with Gasteiger partial charge in [0, 0.05) is 26.6 Å². The Morgan fingerprint density at radius 1 is 1.09 bits per heavy atom. The van der Waals surface area contributed by atoms with E-state index in [9.17, 15) is 19.2 Å². The first-order chi connectivity index (χ1) is 16.1. The molecule has 9 nitrogen and oxygen atoms in total. The highest BCUT2D eigenvalue weighted by atomic mass is 16.6. The summed E-state index contributed by atoms with van der Waals surface area (Å²) in [6.07, 6.45) is 4.10. The van der Waals surface area contributed by atoms with Gasteiger partial charge in [0.05, 0.1) is 23.8 Å². The van der Waals surface area contributed by atoms with Crippen molar-refractivity contribution in [1.29, 1.82) is 0 Å². The van der Waals surface area contributed by atoms with Crippen LogP contribution in [0.15, 0.2) is 18.2 Å². The van der Waals surface area contributed by atoms with Gasteiger partial charge in [-0.2, -0.15) is 0 Å². The van der Waals surface area contributed by atoms with Gasteiger partial charge in [-0.3, -0.25) is 19.3 Å². The van der Waals surface area contributed by atoms with Crippen LogP contribution < -0.4 is 10.1 Å². The van der Waals surface area contributed by atoms with E-state index in [0.29, 0.717) is 49.4 Å². The molecule has 0 saturated carbocycles. The smallest absolute Gasteiger partial charge is 0.410 e. The first-order valence-corrected chi connectivity index (χ1v) is 11.9. The summed E-state index contributed by atoms with van der Waals surface area (Å²) in [5, 5.41) is 2.72. The summed E-state index contributed by atoms with van der Waals surface area (Å²) in [6.45, 7) is 6.98. The van der Waals surface area contributed by atoms with Gasteiger partial charge in [-0.05, 0) is 58.2 Å². The van der Waals surface area contributed by atoms with Crippen LogP contribution in [0.1, 0.15) is 80.0 Å². The molecular weight excluding hydrogens is 438 g/mol. The Morgan fingerprint density at radius 2 is 1.79 bits per heavy atom. The molecule has 3 rings (SSSR count). The third-order valence-corrected chi connectivity index (χ3v) is 5.86. The molecule has 1 unspecified atom stereocenters. The zero-order chi connectivity index (χ0) is 24.9. The number of fused-ring (bicyclic) bond motifs is 1. The molecule has 1 saturated heterocycles. The molecule has 1 atom stereocenters. The van der Waals surface area contributed by atoms with Crippen molar-refractivity contribution in [2.24, 2.45) is 0 Å². The summed E-state index contributed by atoms with van der Waals surface area (Å²) < 4.78 is 11.1. The van der Waals surface area contributed by atoms with Gasteiger partial charge < -0.3 is 19.7 Å². The number of rotatable bonds is 9. The van der Waals surface area contributed by atoms with E-state index < -0.39 is 5.60 Å². The third-order valence-electron chi connectivity index (χ3n) is 5.86. The molecular formula is C25H35N3O6. The minimum Gasteiger partial charge on any atom is -0.494 e. The average molecular weight is 474 g/mol. The van der Waals surface area contributed by atoms with Crippen molar-refractivity contribution in [2.75, 3.05) is 26.7 Å². The predicted octanol–water partition coefficient (Wildman–Crippen LogP) is 3.37. The fourth-order valence-corrected chi connectivity index (χ4v) is 4.03. The lowest BCUT2D eigenvalue weighted by Crippen LogP contribution is -2.50. The van der Waals surface area contributed by atoms with Gasteiger partial charge in [-0.1, -0.05) is 12.8 Å². The maximum Gasteiger partial charge on any atom is 0.410 e. The van der Waals surface area contributed by atoms with E-state index in [4.69, 9.17) is 9.47 Å². The molecule has 0 radical (unpaired) electrons. The van der Waals surface area contributed by atoms with Crippen LogP contribution in [0, 0.1) is 0 Å². The molecule has 186 valence electrons. The van der Waals surface area contributed by atoms with Gasteiger partial charge in [-0.25, -0.2) is 4.79 Å². The van der Waals surface area contributed by atoms with Crippen molar-refractivity contribution in [3.63, 3.8) is 0 Å². The van der Waals surface area contributed by atoms with E-state index in [-0.39, 0.29) is 29.9 Å². The fraction of sp³-hybridized carbons (Fsp3) is 0.600. The lowest BCUT2D eigenvalue weighted by atomic mass is 10.1. The standard InChI is InChI=1S/C25H35N3O6/c1-25(2,3)34-24(32)27(4)13-7-5-6-8-14-33-18-10-11-19-20(15-18)23(31)28(22(19)30)17-9-12-21(29)26-16-17/h10-11,15,17H,5-9,12-14,16H2,1-4H3,(H,26,29). The van der Waals surface area contributed by atoms with Gasteiger partial charge >= 0.3 is 6.09 Å². The Hall–Kier alpha value is -3.10. The number of imide groups is 1. The highest BCUT2D eigenvalue weighted by Crippen LogP contribution is 2.30. The topological polar surface area (TPSA) is 105 Å². The number of nitrogens with zero attached hydrogens (tertiary/aromatic N) is 2. The van der Waals surface area contributed by atoms with Gasteiger partial charge in [-0.15, -0.1) is 0 Å². The van der Waals surface area contributed by atoms with E-state index in [1.807, 2.05) is 20.8 Å². The van der Waals surface area contributed by atoms with Crippen molar-refractivity contribution in [2.45, 2.75) is 70.9 Å². The number of nitrogens with one attached hydrogen (secondary N) is 1. The first kappa shape index (κ1) is 25.5. The lowest BCUT2D eigenvalue weighted by molar-refractivity contribution is -0.123. The number of carbonyl (C=O) groups is 4. The van der Waals surface area contributed by atoms with Crippen LogP contribution in [-0.4, -0.2) is 72.0 Å². The fourth-order valence-electron chi connectivity index (χ4n) is 4.03. The van der Waals surface area contributed by atoms with Gasteiger partial charge in [0.1, 0.15) is 11.4 Å². The second-order valence-corrected chi connectivity index (χ2v) is 9.85. The number of piperidine rings is 1. The maximum atomic E-state index is 12.9. The van der Waals surface area contributed by atoms with E-state index in [2.05, 4.69) is 5.32 Å². The largest absolute Gasteiger partial charge is 0.494 e. The molecule has 0 spiro atoms. The van der Waals surface area contributed by atoms with Crippen LogP contribution >= 0.6 is 0 Å². The molecule has 2 aliphatic rings. The molecule has 1 aromatic carbocycles. The van der Waals surface area contributed by atoms with Crippen LogP contribution in [0.5, 0.6) is 5.75 Å². The highest BCUT2D eigenvalue weighted by molar-refractivity contribution is 6.21. The summed E-state index contributed by atoms with van der Waals surface area (Å²) in [4.78, 5) is 51.8.